The predicted octanol–water partition coefficient (Wildman–Crippen LogP) is 29.4. The number of benzene rings is 20. The molecule has 0 aliphatic carbocycles. The van der Waals surface area contributed by atoms with Gasteiger partial charge in [0.05, 0.1) is 44.5 Å². The molecule has 20 aromatic carbocycles. The van der Waals surface area contributed by atoms with Crippen LogP contribution in [0.5, 0.6) is 46.0 Å². The Morgan fingerprint density at radius 3 is 0.872 bits per heavy atom. The average Bonchev–Trinajstić information content (AvgIpc) is 1.48. The molecule has 0 fully saturated rings. The summed E-state index contributed by atoms with van der Waals surface area (Å²) in [6, 6.07) is 146. The van der Waals surface area contributed by atoms with Crippen molar-refractivity contribution in [3.63, 3.8) is 0 Å². The van der Waals surface area contributed by atoms with E-state index in [-0.39, 0.29) is 13.4 Å². The third-order valence-corrected chi connectivity index (χ3v) is 33.1. The quantitative estimate of drug-likeness (QED) is 0.123. The number of para-hydroxylation sites is 12. The molecule has 0 N–H and O–H groups in total. The second kappa shape index (κ2) is 31.6. The minimum atomic E-state index is -0.0642. The summed E-state index contributed by atoms with van der Waals surface area (Å²) in [6.07, 6.45) is 8.64. The number of nitrogens with zero attached hydrogens (tertiary/aromatic N) is 8. The molecule has 0 bridgehead atoms. The number of rotatable bonds is 10. The topological polar surface area (TPSA) is 95.9 Å². The maximum Gasteiger partial charge on any atom is 0.256 e. The number of furan rings is 2. The normalized spacial score (nSPS) is 14.5. The van der Waals surface area contributed by atoms with Gasteiger partial charge in [-0.2, -0.15) is 0 Å². The average molecular weight is 1910 g/mol. The maximum atomic E-state index is 7.29. The number of aromatic nitrogens is 4. The Hall–Kier alpha value is -18.3. The highest BCUT2D eigenvalue weighted by Crippen LogP contribution is 2.51. The van der Waals surface area contributed by atoms with Crippen molar-refractivity contribution in [1.82, 2.24) is 18.3 Å². The summed E-state index contributed by atoms with van der Waals surface area (Å²) < 4.78 is 51.9. The highest BCUT2D eigenvalue weighted by Gasteiger charge is 2.46. The van der Waals surface area contributed by atoms with Crippen molar-refractivity contribution < 1.29 is 27.8 Å². The lowest BCUT2D eigenvalue weighted by molar-refractivity contribution is 0.481. The van der Waals surface area contributed by atoms with Crippen molar-refractivity contribution in [2.75, 3.05) is 45.8 Å². The van der Waals surface area contributed by atoms with Gasteiger partial charge in [-0.3, -0.25) is 0 Å². The monoisotopic (exact) mass is 1900 g/mol. The largest absolute Gasteiger partial charge is 0.458 e. The number of hydrogen-bond donors (Lipinski definition) is 0. The van der Waals surface area contributed by atoms with E-state index >= 15 is 0 Å². The van der Waals surface area contributed by atoms with E-state index in [2.05, 4.69) is 414 Å². The first kappa shape index (κ1) is 82.2. The maximum absolute atomic E-state index is 7.29. The third-order valence-electron chi connectivity index (χ3n) is 33.1. The summed E-state index contributed by atoms with van der Waals surface area (Å²) >= 11 is 0. The van der Waals surface area contributed by atoms with Gasteiger partial charge in [0.1, 0.15) is 68.3 Å². The molecule has 0 radical (unpaired) electrons. The van der Waals surface area contributed by atoms with E-state index in [9.17, 15) is 0 Å². The number of fused-ring (bicyclic) bond motifs is 30. The van der Waals surface area contributed by atoms with Crippen LogP contribution in [0.3, 0.4) is 0 Å². The molecule has 14 nitrogen and oxygen atoms in total. The van der Waals surface area contributed by atoms with Crippen molar-refractivity contribution in [3.05, 3.63) is 423 Å². The lowest BCUT2D eigenvalue weighted by Gasteiger charge is -2.36. The van der Waals surface area contributed by atoms with Gasteiger partial charge in [0.15, 0.2) is 0 Å². The number of hydrogen-bond acceptors (Lipinski definition) is 10. The van der Waals surface area contributed by atoms with Crippen LogP contribution in [0, 0.1) is 0 Å². The van der Waals surface area contributed by atoms with Crippen LogP contribution < -0.4 is 71.3 Å². The zero-order valence-electron chi connectivity index (χ0n) is 80.8. The third kappa shape index (κ3) is 12.2. The van der Waals surface area contributed by atoms with Crippen molar-refractivity contribution in [3.8, 4) is 68.7 Å². The molecular formula is C132H90B2N8O6. The van der Waals surface area contributed by atoms with E-state index < -0.39 is 0 Å². The molecule has 26 aromatic rings. The highest BCUT2D eigenvalue weighted by atomic mass is 16.5. The van der Waals surface area contributed by atoms with Gasteiger partial charge in [-0.1, -0.05) is 231 Å². The molecule has 14 heterocycles. The first-order valence-corrected chi connectivity index (χ1v) is 52.2. The van der Waals surface area contributed by atoms with Crippen LogP contribution in [0.4, 0.5) is 45.5 Å². The summed E-state index contributed by atoms with van der Waals surface area (Å²) in [5, 5.41) is 14.1. The van der Waals surface area contributed by atoms with E-state index in [4.69, 9.17) is 27.8 Å². The van der Waals surface area contributed by atoms with Crippen molar-refractivity contribution in [2.24, 2.45) is 0 Å². The van der Waals surface area contributed by atoms with Gasteiger partial charge < -0.3 is 65.6 Å². The summed E-state index contributed by atoms with van der Waals surface area (Å²) in [5.41, 5.74) is 39.4. The van der Waals surface area contributed by atoms with E-state index in [1.807, 2.05) is 24.3 Å². The fourth-order valence-electron chi connectivity index (χ4n) is 26.9. The Labute approximate surface area is 851 Å². The number of aryl methyl sites for hydroxylation is 4. The Kier molecular flexibility index (Phi) is 17.6. The number of anilines is 8. The molecule has 0 atom stereocenters. The minimum absolute atomic E-state index is 0.0642. The SMILES string of the molecule is c1ccc2c(c1)CCCN2c1cc(Oc2ccc3c(c2)oc2cc(Oc4cc(N5CCCc6ccccc65)cc(-n5c6ccccc6c6ccccc65)c4)ccc23)cc(-n2c3ccccc3c3ccccc32)c1.c1ccc2c(c1)CCCN2c1cc2c3c(c1)-n1c4ccccc4c4cccc(c41)B3c1cc3c(cc1O2)oc1cc2c(cc13)B1c3c(cc(N4CCCc5ccccc54)cc3-n3c4ccccc4c4cccc1c43)O2. The zero-order chi connectivity index (χ0) is 96.3. The van der Waals surface area contributed by atoms with Crippen LogP contribution in [0.15, 0.2) is 409 Å². The van der Waals surface area contributed by atoms with Gasteiger partial charge in [0.2, 0.25) is 0 Å². The van der Waals surface area contributed by atoms with Crippen LogP contribution >= 0.6 is 0 Å². The van der Waals surface area contributed by atoms with Gasteiger partial charge in [-0.25, -0.2) is 0 Å². The fraction of sp³-hybridized carbons (Fsp3) is 0.0909. The molecule has 6 aromatic heterocycles. The molecule has 8 aliphatic heterocycles. The molecule has 148 heavy (non-hydrogen) atoms. The number of ether oxygens (including phenoxy) is 4. The second-order valence-electron chi connectivity index (χ2n) is 41.2. The molecule has 0 saturated carbocycles. The molecule has 0 unspecified atom stereocenters. The van der Waals surface area contributed by atoms with Crippen LogP contribution in [0.25, 0.3) is 154 Å². The van der Waals surface area contributed by atoms with Crippen molar-refractivity contribution in [1.29, 1.82) is 0 Å². The Morgan fingerprint density at radius 2 is 0.507 bits per heavy atom. The van der Waals surface area contributed by atoms with Crippen LogP contribution in [-0.4, -0.2) is 57.9 Å². The van der Waals surface area contributed by atoms with Gasteiger partial charge in [-0.15, -0.1) is 0 Å². The molecule has 0 spiro atoms. The van der Waals surface area contributed by atoms with Crippen molar-refractivity contribution in [2.45, 2.75) is 51.4 Å². The molecule has 34 rings (SSSR count). The molecule has 0 saturated heterocycles. The summed E-state index contributed by atoms with van der Waals surface area (Å²) in [7, 11) is 0. The van der Waals surface area contributed by atoms with Gasteiger partial charge in [0, 0.05) is 219 Å². The highest BCUT2D eigenvalue weighted by molar-refractivity contribution is 7.00. The van der Waals surface area contributed by atoms with Gasteiger partial charge in [0.25, 0.3) is 13.4 Å². The lowest BCUT2D eigenvalue weighted by atomic mass is 9.34. The van der Waals surface area contributed by atoms with Crippen LogP contribution in [-0.2, 0) is 25.7 Å². The Bertz CT molecular complexity index is 9600. The standard InChI is InChI=1S/C66H42B2N4O3.C66H48N4O3/c1-5-23-51-37(13-1)15-11-27-69(51)39-29-55-63-61(31-39)74-59-35-57-45(33-49(59)67(63)47-21-9-19-43-41-17-3-7-25-53(41)71(55)65(43)47)46-34-50-60(36-58(46)73-57)75-62-32-40(70-28-12-16-38-14-2-6-24-52(38)70)30-56-64(62)68(50)48-22-10-20-44-42-18-4-8-26-54(42)72(56)66(44)48;1-7-23-59-43(15-1)17-13-33-67(59)45-35-47(69-61-25-9-3-19-53(61)54-20-4-10-26-62(54)69)39-51(37-45)71-49-29-31-57-58-32-30-50(42-66(58)73-65(57)41-49)72-52-38-46(68-34-14-18-44-16-2-8-24-60(44)68)36-48(40-52)70-63-27-11-5-21-55(63)56-22-6-12-28-64(56)70/h1-10,13-14,17-26,29-36H,11-12,15-16,27-28H2;1-12,15-16,19-32,35-42H,13-14,17-18,33-34H2. The molecule has 0 amide bonds. The second-order valence-corrected chi connectivity index (χ2v) is 41.2. The minimum Gasteiger partial charge on any atom is -0.458 e. The summed E-state index contributed by atoms with van der Waals surface area (Å²) in [4.78, 5) is 9.89. The molecule has 16 heteroatoms. The lowest BCUT2D eigenvalue weighted by Crippen LogP contribution is -2.58. The van der Waals surface area contributed by atoms with E-state index in [1.165, 1.54) is 143 Å². The molecular weight excluding hydrogens is 1820 g/mol. The molecule has 8 aliphatic rings. The fourth-order valence-corrected chi connectivity index (χ4v) is 26.9. The predicted molar refractivity (Wildman–Crippen MR) is 607 cm³/mol. The first-order chi connectivity index (χ1) is 73.3. The van der Waals surface area contributed by atoms with E-state index in [1.54, 1.807) is 0 Å². The first-order valence-electron chi connectivity index (χ1n) is 52.2. The van der Waals surface area contributed by atoms with Gasteiger partial charge >= 0.3 is 0 Å². The summed E-state index contributed by atoms with van der Waals surface area (Å²) in [6.45, 7) is 3.61. The zero-order valence-corrected chi connectivity index (χ0v) is 80.8. The smallest absolute Gasteiger partial charge is 0.256 e. The summed E-state index contributed by atoms with van der Waals surface area (Å²) in [5.74, 6) is 6.35. The Balaban J connectivity index is 0.000000129. The van der Waals surface area contributed by atoms with E-state index in [0.29, 0.717) is 11.5 Å². The van der Waals surface area contributed by atoms with E-state index in [0.717, 1.165) is 223 Å². The molecule has 700 valence electrons. The van der Waals surface area contributed by atoms with Crippen LogP contribution in [0.1, 0.15) is 47.9 Å². The Morgan fingerprint density at radius 1 is 0.203 bits per heavy atom. The van der Waals surface area contributed by atoms with Gasteiger partial charge in [-0.05, 0) is 216 Å². The van der Waals surface area contributed by atoms with Crippen molar-refractivity contribution >= 4 is 223 Å². The van der Waals surface area contributed by atoms with Crippen LogP contribution in [0.2, 0.25) is 0 Å².